The smallest absolute Gasteiger partial charge is 0.303 e. The third-order valence-corrected chi connectivity index (χ3v) is 5.20. The normalized spacial score (nSPS) is 16.1. The molecular weight excluding hydrogens is 364 g/mol. The van der Waals surface area contributed by atoms with Gasteiger partial charge in [0.1, 0.15) is 0 Å². The molecule has 0 bridgehead atoms. The monoisotopic (exact) mass is 386 g/mol. The molecule has 0 radical (unpaired) electrons. The van der Waals surface area contributed by atoms with Gasteiger partial charge in [-0.2, -0.15) is 0 Å². The van der Waals surface area contributed by atoms with Gasteiger partial charge >= 0.3 is 5.97 Å². The van der Waals surface area contributed by atoms with Crippen molar-refractivity contribution in [2.45, 2.75) is 18.9 Å². The number of nitrogens with zero attached hydrogens (tertiary/aromatic N) is 2. The van der Waals surface area contributed by atoms with Crippen LogP contribution < -0.4 is 0 Å². The topological polar surface area (TPSA) is 60.9 Å². The Kier molecular flexibility index (Phi) is 6.48. The number of carboxylic acid groups (broad SMARTS) is 1. The van der Waals surface area contributed by atoms with Crippen molar-refractivity contribution in [2.75, 3.05) is 26.2 Å². The van der Waals surface area contributed by atoms with E-state index < -0.39 is 5.97 Å². The molecule has 1 fully saturated rings. The number of carbonyl (C=O) groups excluding carboxylic acids is 1. The summed E-state index contributed by atoms with van der Waals surface area (Å²) in [5.74, 6) is -0.777. The summed E-state index contributed by atoms with van der Waals surface area (Å²) in [7, 11) is 0. The Morgan fingerprint density at radius 3 is 2.19 bits per heavy atom. The highest BCUT2D eigenvalue weighted by Gasteiger charge is 2.27. The van der Waals surface area contributed by atoms with Gasteiger partial charge in [0.15, 0.2) is 0 Å². The second-order valence-corrected chi connectivity index (χ2v) is 7.13. The molecule has 1 atom stereocenters. The third-order valence-electron chi connectivity index (χ3n) is 4.95. The minimum atomic E-state index is -0.785. The Bertz CT molecular complexity index is 772. The van der Waals surface area contributed by atoms with Crippen LogP contribution in [0.2, 0.25) is 5.02 Å². The van der Waals surface area contributed by atoms with Crippen molar-refractivity contribution in [2.24, 2.45) is 0 Å². The number of hydrogen-bond acceptors (Lipinski definition) is 3. The van der Waals surface area contributed by atoms with Crippen LogP contribution in [0.25, 0.3) is 0 Å². The van der Waals surface area contributed by atoms with Gasteiger partial charge in [-0.05, 0) is 36.2 Å². The lowest BCUT2D eigenvalue weighted by Crippen LogP contribution is -2.49. The van der Waals surface area contributed by atoms with Gasteiger partial charge in [-0.25, -0.2) is 0 Å². The summed E-state index contributed by atoms with van der Waals surface area (Å²) in [5.41, 5.74) is 1.76. The number of benzene rings is 2. The Hall–Kier alpha value is -2.37. The summed E-state index contributed by atoms with van der Waals surface area (Å²) < 4.78 is 0. The number of carbonyl (C=O) groups is 2. The van der Waals surface area contributed by atoms with Crippen molar-refractivity contribution in [1.29, 1.82) is 0 Å². The molecule has 2 aromatic carbocycles. The molecule has 1 aliphatic heterocycles. The maximum absolute atomic E-state index is 12.7. The highest BCUT2D eigenvalue weighted by Crippen LogP contribution is 2.27. The first-order chi connectivity index (χ1) is 13.0. The van der Waals surface area contributed by atoms with Crippen LogP contribution in [0.3, 0.4) is 0 Å². The van der Waals surface area contributed by atoms with Crippen LogP contribution in [-0.4, -0.2) is 53.0 Å². The quantitative estimate of drug-likeness (QED) is 0.822. The minimum Gasteiger partial charge on any atom is -0.481 e. The molecule has 1 aliphatic rings. The van der Waals surface area contributed by atoms with Crippen molar-refractivity contribution >= 4 is 23.5 Å². The maximum atomic E-state index is 12.7. The van der Waals surface area contributed by atoms with E-state index in [2.05, 4.69) is 4.90 Å². The van der Waals surface area contributed by atoms with Crippen molar-refractivity contribution < 1.29 is 14.7 Å². The summed E-state index contributed by atoms with van der Waals surface area (Å²) >= 11 is 5.89. The molecule has 3 rings (SSSR count). The Balaban J connectivity index is 1.65. The summed E-state index contributed by atoms with van der Waals surface area (Å²) in [6, 6.07) is 17.0. The summed E-state index contributed by atoms with van der Waals surface area (Å²) in [5, 5.41) is 9.70. The predicted octanol–water partition coefficient (Wildman–Crippen LogP) is 3.70. The fourth-order valence-electron chi connectivity index (χ4n) is 3.51. The van der Waals surface area contributed by atoms with Crippen LogP contribution in [0, 0.1) is 0 Å². The van der Waals surface area contributed by atoms with E-state index >= 15 is 0 Å². The van der Waals surface area contributed by atoms with Crippen LogP contribution >= 0.6 is 11.6 Å². The number of amides is 1. The molecule has 5 nitrogen and oxygen atoms in total. The van der Waals surface area contributed by atoms with Gasteiger partial charge in [0.25, 0.3) is 5.91 Å². The third kappa shape index (κ3) is 5.08. The van der Waals surface area contributed by atoms with E-state index in [4.69, 9.17) is 16.7 Å². The van der Waals surface area contributed by atoms with Gasteiger partial charge in [-0.1, -0.05) is 41.9 Å². The minimum absolute atomic E-state index is 0.00751. The van der Waals surface area contributed by atoms with Crippen molar-refractivity contribution in [3.8, 4) is 0 Å². The molecule has 2 aromatic rings. The van der Waals surface area contributed by atoms with Gasteiger partial charge < -0.3 is 10.0 Å². The number of aliphatic carboxylic acids is 1. The van der Waals surface area contributed by atoms with Gasteiger partial charge in [0.05, 0.1) is 0 Å². The number of rotatable bonds is 6. The Labute approximate surface area is 164 Å². The highest BCUT2D eigenvalue weighted by molar-refractivity contribution is 6.30. The molecule has 0 aromatic heterocycles. The molecule has 142 valence electrons. The first-order valence-electron chi connectivity index (χ1n) is 9.10. The lowest BCUT2D eigenvalue weighted by atomic mass is 9.99. The molecule has 0 aliphatic carbocycles. The molecule has 6 heteroatoms. The van der Waals surface area contributed by atoms with Crippen LogP contribution in [0.4, 0.5) is 0 Å². The molecule has 0 unspecified atom stereocenters. The zero-order valence-electron chi connectivity index (χ0n) is 15.1. The second-order valence-electron chi connectivity index (χ2n) is 6.69. The van der Waals surface area contributed by atoms with Crippen LogP contribution in [-0.2, 0) is 4.79 Å². The predicted molar refractivity (Wildman–Crippen MR) is 105 cm³/mol. The first-order valence-corrected chi connectivity index (χ1v) is 9.48. The average molecular weight is 387 g/mol. The van der Waals surface area contributed by atoms with Crippen molar-refractivity contribution in [1.82, 2.24) is 9.80 Å². The van der Waals surface area contributed by atoms with E-state index in [0.29, 0.717) is 30.1 Å². The van der Waals surface area contributed by atoms with Gasteiger partial charge in [0, 0.05) is 49.2 Å². The Morgan fingerprint density at radius 1 is 0.963 bits per heavy atom. The second kappa shape index (κ2) is 9.02. The maximum Gasteiger partial charge on any atom is 0.303 e. The van der Waals surface area contributed by atoms with E-state index in [1.165, 1.54) is 0 Å². The SMILES string of the molecule is O=C(O)CC[C@H](c1ccccc1)N1CCN(C(=O)c2ccc(Cl)cc2)CC1. The van der Waals surface area contributed by atoms with E-state index in [0.717, 1.165) is 18.7 Å². The van der Waals surface area contributed by atoms with E-state index in [1.807, 2.05) is 35.2 Å². The summed E-state index contributed by atoms with van der Waals surface area (Å²) in [4.78, 5) is 27.8. The highest BCUT2D eigenvalue weighted by atomic mass is 35.5. The zero-order chi connectivity index (χ0) is 19.2. The van der Waals surface area contributed by atoms with E-state index in [1.54, 1.807) is 24.3 Å². The summed E-state index contributed by atoms with van der Waals surface area (Å²) in [6.45, 7) is 2.69. The molecule has 27 heavy (non-hydrogen) atoms. The number of piperazine rings is 1. The van der Waals surface area contributed by atoms with Crippen molar-refractivity contribution in [3.05, 3.63) is 70.7 Å². The van der Waals surface area contributed by atoms with Crippen LogP contribution in [0.1, 0.15) is 34.8 Å². The fraction of sp³-hybridized carbons (Fsp3) is 0.333. The fourth-order valence-corrected chi connectivity index (χ4v) is 3.63. The summed E-state index contributed by atoms with van der Waals surface area (Å²) in [6.07, 6.45) is 0.688. The van der Waals surface area contributed by atoms with E-state index in [-0.39, 0.29) is 18.4 Å². The van der Waals surface area contributed by atoms with Gasteiger partial charge in [-0.15, -0.1) is 0 Å². The number of carboxylic acids is 1. The molecule has 1 N–H and O–H groups in total. The van der Waals surface area contributed by atoms with E-state index in [9.17, 15) is 9.59 Å². The first kappa shape index (κ1) is 19.4. The standard InChI is InChI=1S/C21H23ClN2O3/c22-18-8-6-17(7-9-18)21(27)24-14-12-23(13-15-24)19(10-11-20(25)26)16-4-2-1-3-5-16/h1-9,19H,10-15H2,(H,25,26)/t19-/m1/s1. The van der Waals surface area contributed by atoms with Crippen molar-refractivity contribution in [3.63, 3.8) is 0 Å². The van der Waals surface area contributed by atoms with Crippen LogP contribution in [0.15, 0.2) is 54.6 Å². The number of hydrogen-bond donors (Lipinski definition) is 1. The molecule has 1 heterocycles. The lowest BCUT2D eigenvalue weighted by Gasteiger charge is -2.39. The molecule has 0 spiro atoms. The molecule has 1 saturated heterocycles. The zero-order valence-corrected chi connectivity index (χ0v) is 15.8. The average Bonchev–Trinajstić information content (AvgIpc) is 2.69. The van der Waals surface area contributed by atoms with Gasteiger partial charge in [0.2, 0.25) is 0 Å². The van der Waals surface area contributed by atoms with Crippen LogP contribution in [0.5, 0.6) is 0 Å². The molecular formula is C21H23ClN2O3. The Morgan fingerprint density at radius 2 is 1.59 bits per heavy atom. The number of halogens is 1. The molecule has 1 amide bonds. The largest absolute Gasteiger partial charge is 0.481 e. The molecule has 0 saturated carbocycles. The lowest BCUT2D eigenvalue weighted by molar-refractivity contribution is -0.137. The van der Waals surface area contributed by atoms with Gasteiger partial charge in [-0.3, -0.25) is 14.5 Å².